The molecule has 1 aromatic rings. The van der Waals surface area contributed by atoms with E-state index in [-0.39, 0.29) is 5.91 Å². The van der Waals surface area contributed by atoms with Crippen molar-refractivity contribution in [2.45, 2.75) is 38.6 Å². The molecule has 2 nitrogen and oxygen atoms in total. The van der Waals surface area contributed by atoms with E-state index < -0.39 is 0 Å². The van der Waals surface area contributed by atoms with Gasteiger partial charge >= 0.3 is 0 Å². The predicted octanol–water partition coefficient (Wildman–Crippen LogP) is 3.64. The van der Waals surface area contributed by atoms with Crippen LogP contribution >= 0.6 is 15.9 Å². The van der Waals surface area contributed by atoms with Crippen LogP contribution < -0.4 is 0 Å². The van der Waals surface area contributed by atoms with Crippen LogP contribution in [0.1, 0.15) is 31.7 Å². The van der Waals surface area contributed by atoms with Crippen molar-refractivity contribution in [2.75, 3.05) is 7.05 Å². The molecule has 0 heterocycles. The van der Waals surface area contributed by atoms with Gasteiger partial charge in [0.05, 0.1) is 0 Å². The Balaban J connectivity index is 1.86. The van der Waals surface area contributed by atoms with Gasteiger partial charge in [0.1, 0.15) is 0 Å². The fourth-order valence-corrected chi connectivity index (χ4v) is 2.72. The third-order valence-electron chi connectivity index (χ3n) is 3.87. The maximum absolute atomic E-state index is 12.1. The Hall–Kier alpha value is -0.830. The summed E-state index contributed by atoms with van der Waals surface area (Å²) in [6.45, 7) is 2.16. The predicted molar refractivity (Wildman–Crippen MR) is 77.4 cm³/mol. The average Bonchev–Trinajstić information content (AvgIpc) is 3.20. The quantitative estimate of drug-likeness (QED) is 0.813. The Kier molecular flexibility index (Phi) is 4.44. The van der Waals surface area contributed by atoms with Gasteiger partial charge in [-0.2, -0.15) is 0 Å². The Morgan fingerprint density at radius 3 is 2.72 bits per heavy atom. The standard InChI is InChI=1S/C15H20BrNO/c1-11(12-7-8-12)17(2)15(18)10-9-13-5-3-4-6-14(13)16/h3-6,11-12H,7-10H2,1-2H3. The first kappa shape index (κ1) is 13.6. The minimum absolute atomic E-state index is 0.255. The van der Waals surface area contributed by atoms with Gasteiger partial charge in [-0.15, -0.1) is 0 Å². The normalized spacial score (nSPS) is 16.4. The largest absolute Gasteiger partial charge is 0.343 e. The van der Waals surface area contributed by atoms with Crippen LogP contribution in [0.3, 0.4) is 0 Å². The molecule has 0 saturated heterocycles. The maximum atomic E-state index is 12.1. The van der Waals surface area contributed by atoms with Gasteiger partial charge in [-0.3, -0.25) is 4.79 Å². The van der Waals surface area contributed by atoms with Crippen molar-refractivity contribution in [1.29, 1.82) is 0 Å². The molecule has 1 unspecified atom stereocenters. The van der Waals surface area contributed by atoms with Crippen molar-refractivity contribution in [2.24, 2.45) is 5.92 Å². The van der Waals surface area contributed by atoms with Crippen molar-refractivity contribution in [3.05, 3.63) is 34.3 Å². The second-order valence-corrected chi connectivity index (χ2v) is 6.03. The van der Waals surface area contributed by atoms with Crippen LogP contribution in [-0.2, 0) is 11.2 Å². The van der Waals surface area contributed by atoms with Crippen LogP contribution in [0, 0.1) is 5.92 Å². The molecule has 1 aliphatic rings. The van der Waals surface area contributed by atoms with Crippen LogP contribution in [0.4, 0.5) is 0 Å². The Bertz CT molecular complexity index is 428. The number of halogens is 1. The third-order valence-corrected chi connectivity index (χ3v) is 4.65. The number of carbonyl (C=O) groups excluding carboxylic acids is 1. The number of nitrogens with zero attached hydrogens (tertiary/aromatic N) is 1. The molecule has 1 amide bonds. The zero-order valence-corrected chi connectivity index (χ0v) is 12.6. The lowest BCUT2D eigenvalue weighted by atomic mass is 10.1. The number of amides is 1. The molecule has 0 N–H and O–H groups in total. The molecular weight excluding hydrogens is 290 g/mol. The summed E-state index contributed by atoms with van der Waals surface area (Å²) in [4.78, 5) is 14.0. The monoisotopic (exact) mass is 309 g/mol. The average molecular weight is 310 g/mol. The topological polar surface area (TPSA) is 20.3 Å². The molecule has 98 valence electrons. The van der Waals surface area contributed by atoms with Gasteiger partial charge < -0.3 is 4.90 Å². The fraction of sp³-hybridized carbons (Fsp3) is 0.533. The zero-order valence-electron chi connectivity index (χ0n) is 11.0. The summed E-state index contributed by atoms with van der Waals surface area (Å²) in [6.07, 6.45) is 3.96. The molecular formula is C15H20BrNO. The van der Waals surface area contributed by atoms with Crippen LogP contribution in [0.5, 0.6) is 0 Å². The van der Waals surface area contributed by atoms with E-state index in [0.29, 0.717) is 12.5 Å². The molecule has 18 heavy (non-hydrogen) atoms. The summed E-state index contributed by atoms with van der Waals surface area (Å²) in [6, 6.07) is 8.51. The summed E-state index contributed by atoms with van der Waals surface area (Å²) >= 11 is 3.52. The summed E-state index contributed by atoms with van der Waals surface area (Å²) in [7, 11) is 1.94. The summed E-state index contributed by atoms with van der Waals surface area (Å²) in [5, 5.41) is 0. The number of aryl methyl sites for hydroxylation is 1. The van der Waals surface area contributed by atoms with E-state index in [1.807, 2.05) is 30.1 Å². The first-order chi connectivity index (χ1) is 8.59. The van der Waals surface area contributed by atoms with E-state index in [0.717, 1.165) is 16.8 Å². The number of hydrogen-bond acceptors (Lipinski definition) is 1. The summed E-state index contributed by atoms with van der Waals surface area (Å²) < 4.78 is 1.09. The molecule has 1 fully saturated rings. The van der Waals surface area contributed by atoms with Gasteiger partial charge in [0.25, 0.3) is 0 Å². The highest BCUT2D eigenvalue weighted by Gasteiger charge is 2.32. The van der Waals surface area contributed by atoms with Crippen molar-refractivity contribution in [3.8, 4) is 0 Å². The van der Waals surface area contributed by atoms with Crippen molar-refractivity contribution < 1.29 is 4.79 Å². The molecule has 0 aromatic heterocycles. The Morgan fingerprint density at radius 1 is 1.44 bits per heavy atom. The maximum Gasteiger partial charge on any atom is 0.222 e. The first-order valence-electron chi connectivity index (χ1n) is 6.58. The molecule has 1 saturated carbocycles. The SMILES string of the molecule is CC(C1CC1)N(C)C(=O)CCc1ccccc1Br. The number of hydrogen-bond donors (Lipinski definition) is 0. The molecule has 3 heteroatoms. The highest BCUT2D eigenvalue weighted by Crippen LogP contribution is 2.34. The van der Waals surface area contributed by atoms with Gasteiger partial charge in [0.2, 0.25) is 5.91 Å². The summed E-state index contributed by atoms with van der Waals surface area (Å²) in [5.74, 6) is 0.993. The molecule has 0 radical (unpaired) electrons. The van der Waals surface area contributed by atoms with E-state index in [1.54, 1.807) is 0 Å². The van der Waals surface area contributed by atoms with Crippen molar-refractivity contribution >= 4 is 21.8 Å². The van der Waals surface area contributed by atoms with Crippen LogP contribution in [0.25, 0.3) is 0 Å². The molecule has 2 rings (SSSR count). The second-order valence-electron chi connectivity index (χ2n) is 5.17. The minimum Gasteiger partial charge on any atom is -0.343 e. The third kappa shape index (κ3) is 3.35. The molecule has 0 spiro atoms. The van der Waals surface area contributed by atoms with Gasteiger partial charge in [0.15, 0.2) is 0 Å². The smallest absolute Gasteiger partial charge is 0.222 e. The van der Waals surface area contributed by atoms with E-state index >= 15 is 0 Å². The Morgan fingerprint density at radius 2 is 2.11 bits per heavy atom. The van der Waals surface area contributed by atoms with Crippen molar-refractivity contribution in [3.63, 3.8) is 0 Å². The lowest BCUT2D eigenvalue weighted by molar-refractivity contribution is -0.132. The molecule has 1 aromatic carbocycles. The molecule has 0 aliphatic heterocycles. The van der Waals surface area contributed by atoms with Gasteiger partial charge in [-0.1, -0.05) is 34.1 Å². The van der Waals surface area contributed by atoms with Crippen LogP contribution in [0.15, 0.2) is 28.7 Å². The van der Waals surface area contributed by atoms with Crippen molar-refractivity contribution in [1.82, 2.24) is 4.90 Å². The molecule has 1 aliphatic carbocycles. The van der Waals surface area contributed by atoms with Gasteiger partial charge in [-0.25, -0.2) is 0 Å². The highest BCUT2D eigenvalue weighted by molar-refractivity contribution is 9.10. The van der Waals surface area contributed by atoms with E-state index in [1.165, 1.54) is 18.4 Å². The molecule has 1 atom stereocenters. The van der Waals surface area contributed by atoms with E-state index in [2.05, 4.69) is 28.9 Å². The fourth-order valence-electron chi connectivity index (χ4n) is 2.24. The number of carbonyl (C=O) groups is 1. The number of benzene rings is 1. The zero-order chi connectivity index (χ0) is 13.1. The Labute approximate surface area is 117 Å². The van der Waals surface area contributed by atoms with Gasteiger partial charge in [0, 0.05) is 24.0 Å². The van der Waals surface area contributed by atoms with E-state index in [9.17, 15) is 4.79 Å². The summed E-state index contributed by atoms with van der Waals surface area (Å²) in [5.41, 5.74) is 1.21. The first-order valence-corrected chi connectivity index (χ1v) is 7.38. The molecule has 0 bridgehead atoms. The lowest BCUT2D eigenvalue weighted by Crippen LogP contribution is -2.36. The van der Waals surface area contributed by atoms with E-state index in [4.69, 9.17) is 0 Å². The second kappa shape index (κ2) is 5.87. The number of rotatable bonds is 5. The minimum atomic E-state index is 0.255. The highest BCUT2D eigenvalue weighted by atomic mass is 79.9. The lowest BCUT2D eigenvalue weighted by Gasteiger charge is -2.25. The van der Waals surface area contributed by atoms with Crippen LogP contribution in [0.2, 0.25) is 0 Å². The van der Waals surface area contributed by atoms with Gasteiger partial charge in [-0.05, 0) is 43.7 Å². The van der Waals surface area contributed by atoms with Crippen LogP contribution in [-0.4, -0.2) is 23.9 Å².